The van der Waals surface area contributed by atoms with Gasteiger partial charge in [0.2, 0.25) is 0 Å². The van der Waals surface area contributed by atoms with Gasteiger partial charge in [0.05, 0.1) is 12.9 Å². The second-order valence-corrected chi connectivity index (χ2v) is 1.17. The molecule has 0 bridgehead atoms. The smallest absolute Gasteiger partial charge is 0.0919 e. The minimum atomic E-state index is 0.347. The van der Waals surface area contributed by atoms with Crippen LogP contribution in [0.2, 0.25) is 0 Å². The summed E-state index contributed by atoms with van der Waals surface area (Å²) >= 11 is 0. The lowest BCUT2D eigenvalue weighted by molar-refractivity contribution is 1.30. The average molecular weight is 123 g/mol. The van der Waals surface area contributed by atoms with Crippen LogP contribution in [0, 0.1) is 12.3 Å². The molecule has 3 nitrogen and oxygen atoms in total. The first-order chi connectivity index (χ1) is 4.41. The summed E-state index contributed by atoms with van der Waals surface area (Å²) in [6.07, 6.45) is 9.74. The van der Waals surface area contributed by atoms with E-state index in [1.807, 2.05) is 0 Å². The number of aromatic amines is 1. The summed E-state index contributed by atoms with van der Waals surface area (Å²) in [5.41, 5.74) is 4.79. The normalized spacial score (nSPS) is 6.67. The molecule has 1 aromatic rings. The molecule has 1 heterocycles. The first kappa shape index (κ1) is 7.73. The van der Waals surface area contributed by atoms with E-state index in [9.17, 15) is 0 Å². The van der Waals surface area contributed by atoms with Gasteiger partial charge in [-0.1, -0.05) is 5.92 Å². The van der Waals surface area contributed by atoms with Gasteiger partial charge in [-0.15, -0.1) is 6.42 Å². The van der Waals surface area contributed by atoms with Gasteiger partial charge in [-0.05, 0) is 0 Å². The fourth-order valence-electron chi connectivity index (χ4n) is 0.215. The minimum Gasteiger partial charge on any atom is -0.351 e. The summed E-state index contributed by atoms with van der Waals surface area (Å²) in [7, 11) is 0. The number of hydrogen-bond donors (Lipinski definition) is 2. The number of nitrogens with zero attached hydrogens (tertiary/aromatic N) is 1. The largest absolute Gasteiger partial charge is 0.351 e. The van der Waals surface area contributed by atoms with E-state index < -0.39 is 0 Å². The predicted molar refractivity (Wildman–Crippen MR) is 36.5 cm³/mol. The second-order valence-electron chi connectivity index (χ2n) is 1.17. The molecular weight excluding hydrogens is 114 g/mol. The molecule has 0 aliphatic carbocycles. The Morgan fingerprint density at radius 1 is 1.78 bits per heavy atom. The standard InChI is InChI=1S/C3H4N2.C3H5N/c1-2-5-3-4-1;1-2-3-4/h1-3H,(H,4,5);1H,3-4H2. The summed E-state index contributed by atoms with van der Waals surface area (Å²) in [6, 6.07) is 0. The molecule has 3 heteroatoms. The van der Waals surface area contributed by atoms with Gasteiger partial charge in [0.1, 0.15) is 0 Å². The molecule has 1 aromatic heterocycles. The van der Waals surface area contributed by atoms with Gasteiger partial charge in [-0.3, -0.25) is 0 Å². The van der Waals surface area contributed by atoms with Gasteiger partial charge >= 0.3 is 0 Å². The number of imidazole rings is 1. The van der Waals surface area contributed by atoms with E-state index in [4.69, 9.17) is 5.73 Å². The summed E-state index contributed by atoms with van der Waals surface area (Å²) in [4.78, 5) is 6.42. The number of terminal acetylenes is 1. The molecule has 0 amide bonds. The zero-order valence-electron chi connectivity index (χ0n) is 5.04. The van der Waals surface area contributed by atoms with Gasteiger partial charge in [0.25, 0.3) is 0 Å². The van der Waals surface area contributed by atoms with Crippen LogP contribution in [-0.2, 0) is 0 Å². The predicted octanol–water partition coefficient (Wildman–Crippen LogP) is -0.0120. The monoisotopic (exact) mass is 123 g/mol. The van der Waals surface area contributed by atoms with Crippen molar-refractivity contribution in [3.63, 3.8) is 0 Å². The van der Waals surface area contributed by atoms with Crippen molar-refractivity contribution in [3.05, 3.63) is 18.7 Å². The first-order valence-electron chi connectivity index (χ1n) is 2.48. The number of rotatable bonds is 0. The maximum atomic E-state index is 4.79. The quantitative estimate of drug-likeness (QED) is 0.477. The summed E-state index contributed by atoms with van der Waals surface area (Å²) in [6.45, 7) is 0.347. The van der Waals surface area contributed by atoms with Crippen LogP contribution >= 0.6 is 0 Å². The highest BCUT2D eigenvalue weighted by Crippen LogP contribution is 1.62. The second kappa shape index (κ2) is 6.73. The Hall–Kier alpha value is -1.27. The molecule has 0 fully saturated rings. The highest BCUT2D eigenvalue weighted by atomic mass is 14.8. The number of H-pyrrole nitrogens is 1. The topological polar surface area (TPSA) is 54.7 Å². The number of hydrogen-bond acceptors (Lipinski definition) is 2. The Balaban J connectivity index is 0.000000148. The number of nitrogens with one attached hydrogen (secondary N) is 1. The fraction of sp³-hybridized carbons (Fsp3) is 0.167. The lowest BCUT2D eigenvalue weighted by Crippen LogP contribution is -1.91. The van der Waals surface area contributed by atoms with Crippen molar-refractivity contribution in [2.45, 2.75) is 0 Å². The highest BCUT2D eigenvalue weighted by Gasteiger charge is 1.56. The van der Waals surface area contributed by atoms with E-state index >= 15 is 0 Å². The number of aromatic nitrogens is 2. The van der Waals surface area contributed by atoms with Crippen LogP contribution < -0.4 is 5.73 Å². The van der Waals surface area contributed by atoms with E-state index in [-0.39, 0.29) is 0 Å². The lowest BCUT2D eigenvalue weighted by Gasteiger charge is -1.56. The van der Waals surface area contributed by atoms with Crippen molar-refractivity contribution in [3.8, 4) is 12.3 Å². The van der Waals surface area contributed by atoms with Gasteiger partial charge in [0, 0.05) is 12.4 Å². The minimum absolute atomic E-state index is 0.347. The van der Waals surface area contributed by atoms with Crippen LogP contribution in [0.3, 0.4) is 0 Å². The molecule has 48 valence electrons. The molecule has 0 radical (unpaired) electrons. The molecule has 0 saturated heterocycles. The van der Waals surface area contributed by atoms with E-state index in [0.29, 0.717) is 6.54 Å². The molecule has 0 atom stereocenters. The van der Waals surface area contributed by atoms with Gasteiger partial charge in [0.15, 0.2) is 0 Å². The van der Waals surface area contributed by atoms with Crippen molar-refractivity contribution in [1.29, 1.82) is 0 Å². The Morgan fingerprint density at radius 3 is 2.56 bits per heavy atom. The maximum absolute atomic E-state index is 4.79. The third-order valence-electron chi connectivity index (χ3n) is 0.524. The molecule has 0 aliphatic heterocycles. The maximum Gasteiger partial charge on any atom is 0.0919 e. The van der Waals surface area contributed by atoms with Crippen LogP contribution in [0.25, 0.3) is 0 Å². The Labute approximate surface area is 54.3 Å². The highest BCUT2D eigenvalue weighted by molar-refractivity contribution is 4.83. The average Bonchev–Trinajstić information content (AvgIpc) is 2.43. The molecule has 1 rings (SSSR count). The summed E-state index contributed by atoms with van der Waals surface area (Å²) in [5, 5.41) is 0. The van der Waals surface area contributed by atoms with E-state index in [1.54, 1.807) is 18.7 Å². The third kappa shape index (κ3) is 6.73. The van der Waals surface area contributed by atoms with Crippen LogP contribution in [0.1, 0.15) is 0 Å². The fourth-order valence-corrected chi connectivity index (χ4v) is 0.215. The van der Waals surface area contributed by atoms with Crippen LogP contribution in [0.15, 0.2) is 18.7 Å². The molecule has 0 aromatic carbocycles. The molecule has 0 unspecified atom stereocenters. The molecule has 0 spiro atoms. The van der Waals surface area contributed by atoms with E-state index in [0.717, 1.165) is 0 Å². The Bertz CT molecular complexity index is 132. The molecule has 3 N–H and O–H groups in total. The van der Waals surface area contributed by atoms with Crippen molar-refractivity contribution in [1.82, 2.24) is 9.97 Å². The number of nitrogens with two attached hydrogens (primary N) is 1. The molecule has 0 aliphatic rings. The zero-order chi connectivity index (χ0) is 6.95. The van der Waals surface area contributed by atoms with Crippen molar-refractivity contribution in [2.24, 2.45) is 5.73 Å². The van der Waals surface area contributed by atoms with Crippen molar-refractivity contribution < 1.29 is 0 Å². The SMILES string of the molecule is C#CCN.c1c[nH]cn1. The first-order valence-corrected chi connectivity index (χ1v) is 2.48. The summed E-state index contributed by atoms with van der Waals surface area (Å²) < 4.78 is 0. The molecular formula is C6H9N3. The van der Waals surface area contributed by atoms with Gasteiger partial charge in [-0.2, -0.15) is 0 Å². The summed E-state index contributed by atoms with van der Waals surface area (Å²) in [5.74, 6) is 2.21. The van der Waals surface area contributed by atoms with Crippen LogP contribution in [-0.4, -0.2) is 16.5 Å². The van der Waals surface area contributed by atoms with Crippen LogP contribution in [0.5, 0.6) is 0 Å². The molecule has 0 saturated carbocycles. The lowest BCUT2D eigenvalue weighted by atomic mass is 10.7. The third-order valence-corrected chi connectivity index (χ3v) is 0.524. The Morgan fingerprint density at radius 2 is 2.44 bits per heavy atom. The van der Waals surface area contributed by atoms with Crippen LogP contribution in [0.4, 0.5) is 0 Å². The van der Waals surface area contributed by atoms with Crippen molar-refractivity contribution >= 4 is 0 Å². The van der Waals surface area contributed by atoms with E-state index in [1.165, 1.54) is 0 Å². The van der Waals surface area contributed by atoms with Gasteiger partial charge < -0.3 is 10.7 Å². The Kier molecular flexibility index (Phi) is 5.78. The van der Waals surface area contributed by atoms with Crippen molar-refractivity contribution in [2.75, 3.05) is 6.54 Å². The van der Waals surface area contributed by atoms with E-state index in [2.05, 4.69) is 22.3 Å². The zero-order valence-corrected chi connectivity index (χ0v) is 5.04. The molecule has 9 heavy (non-hydrogen) atoms. The van der Waals surface area contributed by atoms with Gasteiger partial charge in [-0.25, -0.2) is 4.98 Å².